The molecule has 28 heavy (non-hydrogen) atoms. The van der Waals surface area contributed by atoms with Crippen LogP contribution in [0.2, 0.25) is 0 Å². The zero-order valence-corrected chi connectivity index (χ0v) is 15.8. The van der Waals surface area contributed by atoms with Gasteiger partial charge < -0.3 is 5.32 Å². The third-order valence-electron chi connectivity index (χ3n) is 4.14. The van der Waals surface area contributed by atoms with Crippen LogP contribution in [0, 0.1) is 17.0 Å². The summed E-state index contributed by atoms with van der Waals surface area (Å²) in [5.74, 6) is -1.04. The van der Waals surface area contributed by atoms with Crippen molar-refractivity contribution >= 4 is 46.5 Å². The molecule has 3 amide bonds. The minimum atomic E-state index is -0.661. The van der Waals surface area contributed by atoms with E-state index in [9.17, 15) is 24.5 Å². The number of thioether (sulfide) groups is 1. The van der Waals surface area contributed by atoms with Gasteiger partial charge >= 0.3 is 0 Å². The van der Waals surface area contributed by atoms with Crippen LogP contribution in [0.25, 0.3) is 0 Å². The molecule has 0 bridgehead atoms. The Balaban J connectivity index is 1.60. The molecule has 0 spiro atoms. The van der Waals surface area contributed by atoms with Crippen molar-refractivity contribution < 1.29 is 19.3 Å². The fourth-order valence-electron chi connectivity index (χ4n) is 2.83. The number of aryl methyl sites for hydroxylation is 1. The lowest BCUT2D eigenvalue weighted by Crippen LogP contribution is -2.31. The first-order valence-corrected chi connectivity index (χ1v) is 9.49. The summed E-state index contributed by atoms with van der Waals surface area (Å²) in [4.78, 5) is 48.1. The number of benzene rings is 2. The zero-order chi connectivity index (χ0) is 20.3. The van der Waals surface area contributed by atoms with E-state index in [-0.39, 0.29) is 29.5 Å². The van der Waals surface area contributed by atoms with Crippen molar-refractivity contribution in [2.45, 2.75) is 18.6 Å². The average Bonchev–Trinajstić information content (AvgIpc) is 2.93. The standard InChI is InChI=1S/C19H17N3O5S/c1-12-3-2-4-13(9-12)20-17(23)11-28-16-10-18(24)21(19(16)25)14-5-7-15(8-6-14)22(26)27/h2-9,16H,10-11H2,1H3,(H,20,23). The number of hydrogen-bond donors (Lipinski definition) is 1. The SMILES string of the molecule is Cc1cccc(NC(=O)CSC2CC(=O)N(c3ccc([N+](=O)[O-])cc3)C2=O)c1. The molecule has 0 radical (unpaired) electrons. The molecule has 1 aliphatic heterocycles. The number of nitro groups is 1. The Morgan fingerprint density at radius 3 is 2.61 bits per heavy atom. The van der Waals surface area contributed by atoms with Crippen LogP contribution in [0.4, 0.5) is 17.1 Å². The second-order valence-corrected chi connectivity index (χ2v) is 7.45. The van der Waals surface area contributed by atoms with Gasteiger partial charge in [-0.05, 0) is 36.8 Å². The highest BCUT2D eigenvalue weighted by molar-refractivity contribution is 8.01. The Bertz CT molecular complexity index is 945. The van der Waals surface area contributed by atoms with E-state index in [1.54, 1.807) is 6.07 Å². The Labute approximate surface area is 165 Å². The van der Waals surface area contributed by atoms with E-state index in [2.05, 4.69) is 5.32 Å². The lowest BCUT2D eigenvalue weighted by atomic mass is 10.2. The Morgan fingerprint density at radius 1 is 1.25 bits per heavy atom. The van der Waals surface area contributed by atoms with Gasteiger partial charge in [0.2, 0.25) is 17.7 Å². The van der Waals surface area contributed by atoms with Gasteiger partial charge in [0.25, 0.3) is 5.69 Å². The molecule has 9 heteroatoms. The molecule has 0 saturated carbocycles. The Morgan fingerprint density at radius 2 is 1.96 bits per heavy atom. The molecule has 1 N–H and O–H groups in total. The molecule has 1 atom stereocenters. The van der Waals surface area contributed by atoms with Crippen molar-refractivity contribution in [1.82, 2.24) is 0 Å². The maximum Gasteiger partial charge on any atom is 0.269 e. The van der Waals surface area contributed by atoms with Crippen molar-refractivity contribution in [3.8, 4) is 0 Å². The van der Waals surface area contributed by atoms with E-state index in [0.717, 1.165) is 22.2 Å². The van der Waals surface area contributed by atoms with Crippen LogP contribution in [-0.2, 0) is 14.4 Å². The van der Waals surface area contributed by atoms with Crippen LogP contribution in [-0.4, -0.2) is 33.6 Å². The van der Waals surface area contributed by atoms with Gasteiger partial charge in [-0.25, -0.2) is 4.90 Å². The van der Waals surface area contributed by atoms with E-state index in [1.165, 1.54) is 24.3 Å². The van der Waals surface area contributed by atoms with Crippen LogP contribution in [0.15, 0.2) is 48.5 Å². The van der Waals surface area contributed by atoms with E-state index in [0.29, 0.717) is 5.69 Å². The lowest BCUT2D eigenvalue weighted by Gasteiger charge is -2.14. The van der Waals surface area contributed by atoms with Crippen molar-refractivity contribution in [2.24, 2.45) is 0 Å². The number of nitrogens with one attached hydrogen (secondary N) is 1. The largest absolute Gasteiger partial charge is 0.325 e. The summed E-state index contributed by atoms with van der Waals surface area (Å²) in [6.07, 6.45) is -0.0157. The fourth-order valence-corrected chi connectivity index (χ4v) is 3.76. The summed E-state index contributed by atoms with van der Waals surface area (Å²) in [5, 5.41) is 12.8. The van der Waals surface area contributed by atoms with Crippen LogP contribution >= 0.6 is 11.8 Å². The van der Waals surface area contributed by atoms with E-state index in [4.69, 9.17) is 0 Å². The molecule has 144 valence electrons. The lowest BCUT2D eigenvalue weighted by molar-refractivity contribution is -0.384. The first-order valence-electron chi connectivity index (χ1n) is 8.44. The minimum absolute atomic E-state index is 0.0157. The number of nitrogens with zero attached hydrogens (tertiary/aromatic N) is 2. The summed E-state index contributed by atoms with van der Waals surface area (Å²) in [5.41, 5.74) is 1.85. The van der Waals surface area contributed by atoms with Gasteiger partial charge in [0.15, 0.2) is 0 Å². The van der Waals surface area contributed by atoms with Crippen LogP contribution in [0.1, 0.15) is 12.0 Å². The number of nitro benzene ring substituents is 1. The summed E-state index contributed by atoms with van der Waals surface area (Å²) in [6, 6.07) is 12.6. The molecule has 0 aliphatic carbocycles. The molecule has 8 nitrogen and oxygen atoms in total. The number of carbonyl (C=O) groups is 3. The van der Waals surface area contributed by atoms with Gasteiger partial charge in [0.05, 0.1) is 21.6 Å². The average molecular weight is 399 g/mol. The second-order valence-electron chi connectivity index (χ2n) is 6.26. The normalized spacial score (nSPS) is 16.3. The third kappa shape index (κ3) is 4.37. The Hall–Kier alpha value is -3.20. The van der Waals surface area contributed by atoms with Gasteiger partial charge in [-0.1, -0.05) is 12.1 Å². The number of anilines is 2. The van der Waals surface area contributed by atoms with Gasteiger partial charge in [0, 0.05) is 24.2 Å². The van der Waals surface area contributed by atoms with E-state index in [1.807, 2.05) is 25.1 Å². The van der Waals surface area contributed by atoms with Crippen LogP contribution in [0.3, 0.4) is 0 Å². The Kier molecular flexibility index (Phi) is 5.74. The molecule has 1 heterocycles. The first kappa shape index (κ1) is 19.6. The monoisotopic (exact) mass is 399 g/mol. The maximum atomic E-state index is 12.6. The van der Waals surface area contributed by atoms with E-state index >= 15 is 0 Å². The minimum Gasteiger partial charge on any atom is -0.325 e. The highest BCUT2D eigenvalue weighted by Gasteiger charge is 2.40. The fraction of sp³-hybridized carbons (Fsp3) is 0.211. The van der Waals surface area contributed by atoms with Gasteiger partial charge in [-0.3, -0.25) is 24.5 Å². The number of carbonyl (C=O) groups excluding carboxylic acids is 3. The molecule has 1 aliphatic rings. The molecule has 2 aromatic rings. The molecule has 1 unspecified atom stereocenters. The van der Waals surface area contributed by atoms with Gasteiger partial charge in [-0.15, -0.1) is 11.8 Å². The summed E-state index contributed by atoms with van der Waals surface area (Å²) >= 11 is 1.10. The molecule has 2 aromatic carbocycles. The summed E-state index contributed by atoms with van der Waals surface area (Å²) in [7, 11) is 0. The number of imide groups is 1. The predicted octanol–water partition coefficient (Wildman–Crippen LogP) is 2.91. The predicted molar refractivity (Wildman–Crippen MR) is 106 cm³/mol. The summed E-state index contributed by atoms with van der Waals surface area (Å²) in [6.45, 7) is 1.92. The molecule has 1 fully saturated rings. The van der Waals surface area contributed by atoms with E-state index < -0.39 is 22.0 Å². The topological polar surface area (TPSA) is 110 Å². The highest BCUT2D eigenvalue weighted by atomic mass is 32.2. The number of non-ortho nitro benzene ring substituents is 1. The highest BCUT2D eigenvalue weighted by Crippen LogP contribution is 2.30. The number of rotatable bonds is 6. The quantitative estimate of drug-likeness (QED) is 0.454. The number of hydrogen-bond acceptors (Lipinski definition) is 6. The molecule has 0 aromatic heterocycles. The first-order chi connectivity index (χ1) is 13.3. The zero-order valence-electron chi connectivity index (χ0n) is 15.0. The molecule has 3 rings (SSSR count). The van der Waals surface area contributed by atoms with Crippen LogP contribution < -0.4 is 10.2 Å². The molecular weight excluding hydrogens is 382 g/mol. The molecule has 1 saturated heterocycles. The van der Waals surface area contributed by atoms with Crippen molar-refractivity contribution in [3.05, 3.63) is 64.2 Å². The van der Waals surface area contributed by atoms with Gasteiger partial charge in [0.1, 0.15) is 0 Å². The van der Waals surface area contributed by atoms with Crippen LogP contribution in [0.5, 0.6) is 0 Å². The van der Waals surface area contributed by atoms with Crippen molar-refractivity contribution in [1.29, 1.82) is 0 Å². The van der Waals surface area contributed by atoms with Crippen molar-refractivity contribution in [2.75, 3.05) is 16.0 Å². The van der Waals surface area contributed by atoms with Crippen molar-refractivity contribution in [3.63, 3.8) is 0 Å². The van der Waals surface area contributed by atoms with Gasteiger partial charge in [-0.2, -0.15) is 0 Å². The third-order valence-corrected chi connectivity index (χ3v) is 5.34. The smallest absolute Gasteiger partial charge is 0.269 e. The number of amides is 3. The summed E-state index contributed by atoms with van der Waals surface area (Å²) < 4.78 is 0. The second kappa shape index (κ2) is 8.22. The molecular formula is C19H17N3O5S. The maximum absolute atomic E-state index is 12.6.